The zero-order valence-electron chi connectivity index (χ0n) is 10.7. The Labute approximate surface area is 93.4 Å². The van der Waals surface area contributed by atoms with E-state index >= 15 is 0 Å². The summed E-state index contributed by atoms with van der Waals surface area (Å²) in [6.07, 6.45) is 0. The summed E-state index contributed by atoms with van der Waals surface area (Å²) in [7, 11) is 2.04. The van der Waals surface area contributed by atoms with Gasteiger partial charge in [0.25, 0.3) is 0 Å². The van der Waals surface area contributed by atoms with Gasteiger partial charge >= 0.3 is 0 Å². The van der Waals surface area contributed by atoms with E-state index in [4.69, 9.17) is 0 Å². The highest BCUT2D eigenvalue weighted by atomic mass is 16.2. The first-order valence-corrected chi connectivity index (χ1v) is 5.66. The Morgan fingerprint density at radius 3 is 2.40 bits per heavy atom. The van der Waals surface area contributed by atoms with Crippen molar-refractivity contribution in [1.29, 1.82) is 0 Å². The second-order valence-electron chi connectivity index (χ2n) is 4.31. The molecule has 0 aliphatic heterocycles. The van der Waals surface area contributed by atoms with E-state index in [0.717, 1.165) is 19.6 Å². The lowest BCUT2D eigenvalue weighted by Gasteiger charge is -2.25. The molecule has 4 nitrogen and oxygen atoms in total. The van der Waals surface area contributed by atoms with Gasteiger partial charge in [0.2, 0.25) is 5.91 Å². The van der Waals surface area contributed by atoms with Crippen LogP contribution < -0.4 is 10.6 Å². The third kappa shape index (κ3) is 5.74. The number of amides is 1. The Morgan fingerprint density at radius 1 is 1.33 bits per heavy atom. The Kier molecular flexibility index (Phi) is 6.52. The number of nitrogens with one attached hydrogen (secondary N) is 2. The maximum absolute atomic E-state index is 11.7. The Morgan fingerprint density at radius 2 is 1.93 bits per heavy atom. The van der Waals surface area contributed by atoms with Gasteiger partial charge < -0.3 is 15.5 Å². The molecule has 0 unspecified atom stereocenters. The van der Waals surface area contributed by atoms with E-state index in [1.165, 1.54) is 0 Å². The number of likely N-dealkylation sites (N-methyl/N-ethyl adjacent to an activating group) is 2. The number of carbonyl (C=O) groups excluding carboxylic acids is 1. The molecule has 90 valence electrons. The van der Waals surface area contributed by atoms with Crippen molar-refractivity contribution in [3.8, 4) is 0 Å². The molecule has 0 heterocycles. The fraction of sp³-hybridized carbons (Fsp3) is 0.909. The third-order valence-electron chi connectivity index (χ3n) is 2.51. The first-order valence-electron chi connectivity index (χ1n) is 5.66. The zero-order valence-corrected chi connectivity index (χ0v) is 10.7. The quantitative estimate of drug-likeness (QED) is 0.648. The molecule has 0 radical (unpaired) electrons. The van der Waals surface area contributed by atoms with Gasteiger partial charge in [-0.1, -0.05) is 13.8 Å². The molecule has 0 aliphatic rings. The van der Waals surface area contributed by atoms with Crippen LogP contribution in [0.25, 0.3) is 0 Å². The lowest BCUT2D eigenvalue weighted by atomic mass is 10.0. The first kappa shape index (κ1) is 14.4. The molecule has 0 saturated heterocycles. The summed E-state index contributed by atoms with van der Waals surface area (Å²) in [5.74, 6) is 0.0638. The molecule has 15 heavy (non-hydrogen) atoms. The van der Waals surface area contributed by atoms with Crippen molar-refractivity contribution < 1.29 is 4.79 Å². The number of rotatable bonds is 7. The van der Waals surface area contributed by atoms with E-state index in [1.54, 1.807) is 0 Å². The molecule has 1 amide bonds. The van der Waals surface area contributed by atoms with Gasteiger partial charge in [-0.2, -0.15) is 0 Å². The fourth-order valence-corrected chi connectivity index (χ4v) is 1.26. The largest absolute Gasteiger partial charge is 0.353 e. The van der Waals surface area contributed by atoms with Crippen molar-refractivity contribution in [2.45, 2.75) is 33.2 Å². The summed E-state index contributed by atoms with van der Waals surface area (Å²) in [6, 6.07) is 0. The molecule has 0 aromatic heterocycles. The lowest BCUT2D eigenvalue weighted by Crippen LogP contribution is -2.53. The van der Waals surface area contributed by atoms with Gasteiger partial charge in [-0.15, -0.1) is 0 Å². The predicted octanol–water partition coefficient (Wildman–Crippen LogP) is 0.442. The van der Waals surface area contributed by atoms with Crippen molar-refractivity contribution in [2.24, 2.45) is 0 Å². The van der Waals surface area contributed by atoms with Gasteiger partial charge in [0.05, 0.1) is 5.54 Å². The van der Waals surface area contributed by atoms with Crippen LogP contribution in [0.3, 0.4) is 0 Å². The van der Waals surface area contributed by atoms with Crippen LogP contribution in [-0.2, 0) is 4.79 Å². The Balaban J connectivity index is 3.83. The van der Waals surface area contributed by atoms with E-state index < -0.39 is 5.54 Å². The molecule has 0 fully saturated rings. The van der Waals surface area contributed by atoms with E-state index in [-0.39, 0.29) is 5.91 Å². The molecule has 0 aromatic rings. The predicted molar refractivity (Wildman–Crippen MR) is 63.9 cm³/mol. The molecule has 0 bridgehead atoms. The minimum Gasteiger partial charge on any atom is -0.353 e. The maximum Gasteiger partial charge on any atom is 0.239 e. The molecular weight excluding hydrogens is 190 g/mol. The third-order valence-corrected chi connectivity index (χ3v) is 2.51. The summed E-state index contributed by atoms with van der Waals surface area (Å²) in [5.41, 5.74) is -0.473. The fourth-order valence-electron chi connectivity index (χ4n) is 1.26. The summed E-state index contributed by atoms with van der Waals surface area (Å²) >= 11 is 0. The van der Waals surface area contributed by atoms with Crippen molar-refractivity contribution in [3.05, 3.63) is 0 Å². The molecule has 0 rings (SSSR count). The van der Waals surface area contributed by atoms with E-state index in [2.05, 4.69) is 22.5 Å². The average Bonchev–Trinajstić information content (AvgIpc) is 2.17. The van der Waals surface area contributed by atoms with Gasteiger partial charge in [-0.3, -0.25) is 4.79 Å². The second kappa shape index (κ2) is 6.80. The second-order valence-corrected chi connectivity index (χ2v) is 4.31. The van der Waals surface area contributed by atoms with Crippen LogP contribution in [-0.4, -0.2) is 49.6 Å². The molecule has 0 aromatic carbocycles. The van der Waals surface area contributed by atoms with Crippen molar-refractivity contribution >= 4 is 5.91 Å². The van der Waals surface area contributed by atoms with Crippen LogP contribution >= 0.6 is 0 Å². The van der Waals surface area contributed by atoms with Crippen LogP contribution in [0.15, 0.2) is 0 Å². The maximum atomic E-state index is 11.7. The molecule has 0 atom stereocenters. The summed E-state index contributed by atoms with van der Waals surface area (Å²) in [5, 5.41) is 6.08. The Bertz CT molecular complexity index is 192. The van der Waals surface area contributed by atoms with Crippen LogP contribution in [0, 0.1) is 0 Å². The average molecular weight is 215 g/mol. The monoisotopic (exact) mass is 215 g/mol. The number of hydrogen-bond donors (Lipinski definition) is 2. The molecule has 0 saturated carbocycles. The number of nitrogens with zero attached hydrogens (tertiary/aromatic N) is 1. The molecule has 4 heteroatoms. The minimum absolute atomic E-state index is 0.0638. The smallest absolute Gasteiger partial charge is 0.239 e. The SMILES string of the molecule is CCNC(C)(C)C(=O)NCCN(C)CC. The topological polar surface area (TPSA) is 44.4 Å². The van der Waals surface area contributed by atoms with E-state index in [0.29, 0.717) is 6.54 Å². The standard InChI is InChI=1S/C11H25N3O/c1-6-13-11(3,4)10(15)12-8-9-14(5)7-2/h13H,6-9H2,1-5H3,(H,12,15). The van der Waals surface area contributed by atoms with E-state index in [1.807, 2.05) is 27.8 Å². The minimum atomic E-state index is -0.473. The van der Waals surface area contributed by atoms with Gasteiger partial charge in [-0.25, -0.2) is 0 Å². The van der Waals surface area contributed by atoms with Crippen LogP contribution in [0.2, 0.25) is 0 Å². The van der Waals surface area contributed by atoms with Crippen LogP contribution in [0.5, 0.6) is 0 Å². The highest BCUT2D eigenvalue weighted by Crippen LogP contribution is 2.00. The van der Waals surface area contributed by atoms with Gasteiger partial charge in [0.15, 0.2) is 0 Å². The van der Waals surface area contributed by atoms with Crippen molar-refractivity contribution in [1.82, 2.24) is 15.5 Å². The normalized spacial score (nSPS) is 11.9. The highest BCUT2D eigenvalue weighted by Gasteiger charge is 2.25. The van der Waals surface area contributed by atoms with E-state index in [9.17, 15) is 4.79 Å². The Hall–Kier alpha value is -0.610. The highest BCUT2D eigenvalue weighted by molar-refractivity contribution is 5.85. The summed E-state index contributed by atoms with van der Waals surface area (Å²) in [6.45, 7) is 11.3. The summed E-state index contributed by atoms with van der Waals surface area (Å²) < 4.78 is 0. The molecular formula is C11H25N3O. The molecule has 0 aliphatic carbocycles. The summed E-state index contributed by atoms with van der Waals surface area (Å²) in [4.78, 5) is 13.9. The number of carbonyl (C=O) groups is 1. The van der Waals surface area contributed by atoms with Crippen molar-refractivity contribution in [2.75, 3.05) is 33.2 Å². The molecule has 0 spiro atoms. The van der Waals surface area contributed by atoms with Crippen LogP contribution in [0.1, 0.15) is 27.7 Å². The first-order chi connectivity index (χ1) is 6.94. The van der Waals surface area contributed by atoms with Gasteiger partial charge in [0.1, 0.15) is 0 Å². The number of hydrogen-bond acceptors (Lipinski definition) is 3. The van der Waals surface area contributed by atoms with Gasteiger partial charge in [-0.05, 0) is 34.0 Å². The molecule has 2 N–H and O–H groups in total. The lowest BCUT2D eigenvalue weighted by molar-refractivity contribution is -0.126. The van der Waals surface area contributed by atoms with Gasteiger partial charge in [0, 0.05) is 13.1 Å². The van der Waals surface area contributed by atoms with Crippen LogP contribution in [0.4, 0.5) is 0 Å². The van der Waals surface area contributed by atoms with Crippen molar-refractivity contribution in [3.63, 3.8) is 0 Å². The zero-order chi connectivity index (χ0) is 11.9.